The Balaban J connectivity index is 1.42. The maximum atomic E-state index is 12.7. The van der Waals surface area contributed by atoms with E-state index < -0.39 is 0 Å². The van der Waals surface area contributed by atoms with E-state index in [2.05, 4.69) is 36.2 Å². The van der Waals surface area contributed by atoms with Crippen LogP contribution in [0.25, 0.3) is 20.2 Å². The van der Waals surface area contributed by atoms with E-state index in [0.29, 0.717) is 23.1 Å². The number of fused-ring (bicyclic) bond motifs is 2. The molecule has 5 heteroatoms. The van der Waals surface area contributed by atoms with Crippen molar-refractivity contribution in [3.63, 3.8) is 0 Å². The smallest absolute Gasteiger partial charge is 0.199 e. The summed E-state index contributed by atoms with van der Waals surface area (Å²) in [4.78, 5) is 15.0. The molecule has 0 unspecified atom stereocenters. The highest BCUT2D eigenvalue weighted by Crippen LogP contribution is 2.33. The van der Waals surface area contributed by atoms with Gasteiger partial charge >= 0.3 is 0 Å². The van der Waals surface area contributed by atoms with Crippen molar-refractivity contribution in [3.8, 4) is 11.5 Å². The van der Waals surface area contributed by atoms with Crippen LogP contribution in [0.15, 0.2) is 71.5 Å². The van der Waals surface area contributed by atoms with Gasteiger partial charge in [-0.3, -0.25) is 4.79 Å². The second kappa shape index (κ2) is 8.64. The molecule has 0 aliphatic rings. The first-order valence-corrected chi connectivity index (χ1v) is 10.5. The van der Waals surface area contributed by atoms with E-state index in [1.165, 1.54) is 16.9 Å². The van der Waals surface area contributed by atoms with E-state index in [1.807, 2.05) is 30.3 Å². The van der Waals surface area contributed by atoms with Crippen molar-refractivity contribution >= 4 is 31.5 Å². The molecule has 0 fully saturated rings. The van der Waals surface area contributed by atoms with Crippen LogP contribution in [-0.2, 0) is 6.54 Å². The van der Waals surface area contributed by atoms with E-state index >= 15 is 0 Å². The molecule has 0 atom stereocenters. The van der Waals surface area contributed by atoms with Crippen molar-refractivity contribution < 1.29 is 9.84 Å². The van der Waals surface area contributed by atoms with Gasteiger partial charge < -0.3 is 14.7 Å². The zero-order valence-corrected chi connectivity index (χ0v) is 17.1. The Labute approximate surface area is 173 Å². The fourth-order valence-electron chi connectivity index (χ4n) is 3.46. The lowest BCUT2D eigenvalue weighted by molar-refractivity contribution is 0.258. The minimum Gasteiger partial charge on any atom is -0.507 e. The molecule has 0 radical (unpaired) electrons. The Bertz CT molecular complexity index is 1190. The number of hydrogen-bond donors (Lipinski definition) is 1. The average Bonchev–Trinajstić information content (AvgIpc) is 2.72. The van der Waals surface area contributed by atoms with Crippen LogP contribution in [0.4, 0.5) is 0 Å². The van der Waals surface area contributed by atoms with Crippen molar-refractivity contribution in [1.29, 1.82) is 0 Å². The molecular weight excluding hydrogens is 382 g/mol. The van der Waals surface area contributed by atoms with Crippen LogP contribution in [0.2, 0.25) is 0 Å². The van der Waals surface area contributed by atoms with Gasteiger partial charge in [0.15, 0.2) is 5.43 Å². The summed E-state index contributed by atoms with van der Waals surface area (Å²) in [5.41, 5.74) is 1.15. The molecule has 0 bridgehead atoms. The lowest BCUT2D eigenvalue weighted by atomic mass is 10.1. The van der Waals surface area contributed by atoms with Crippen LogP contribution in [0.3, 0.4) is 0 Å². The second-order valence-electron chi connectivity index (χ2n) is 7.17. The third kappa shape index (κ3) is 4.42. The summed E-state index contributed by atoms with van der Waals surface area (Å²) in [5, 5.41) is 11.4. The normalized spacial score (nSPS) is 11.4. The summed E-state index contributed by atoms with van der Waals surface area (Å²) in [6, 6.07) is 21.2. The van der Waals surface area contributed by atoms with Crippen molar-refractivity contribution in [3.05, 3.63) is 82.5 Å². The number of aromatic hydroxyl groups is 1. The molecule has 0 aliphatic carbocycles. The summed E-state index contributed by atoms with van der Waals surface area (Å²) in [6.45, 7) is 2.36. The summed E-state index contributed by atoms with van der Waals surface area (Å²) in [5.74, 6) is 0.567. The quantitative estimate of drug-likeness (QED) is 0.346. The average molecular weight is 406 g/mol. The molecule has 0 saturated heterocycles. The van der Waals surface area contributed by atoms with E-state index in [-0.39, 0.29) is 11.2 Å². The predicted octanol–water partition coefficient (Wildman–Crippen LogP) is 5.02. The van der Waals surface area contributed by atoms with Gasteiger partial charge in [0.1, 0.15) is 11.5 Å². The Kier molecular flexibility index (Phi) is 5.79. The van der Waals surface area contributed by atoms with Crippen molar-refractivity contribution in [2.24, 2.45) is 0 Å². The summed E-state index contributed by atoms with van der Waals surface area (Å²) >= 11 is 1.49. The summed E-state index contributed by atoms with van der Waals surface area (Å²) < 4.78 is 7.51. The summed E-state index contributed by atoms with van der Waals surface area (Å²) in [6.07, 6.45) is 0.871. The first-order chi connectivity index (χ1) is 14.1. The third-order valence-corrected chi connectivity index (χ3v) is 6.00. The monoisotopic (exact) mass is 405 g/mol. The van der Waals surface area contributed by atoms with Gasteiger partial charge in [-0.1, -0.05) is 42.5 Å². The molecule has 1 aromatic heterocycles. The highest BCUT2D eigenvalue weighted by molar-refractivity contribution is 7.24. The van der Waals surface area contributed by atoms with Crippen LogP contribution >= 0.6 is 11.3 Å². The highest BCUT2D eigenvalue weighted by Gasteiger charge is 2.12. The van der Waals surface area contributed by atoms with Gasteiger partial charge in [0.2, 0.25) is 0 Å². The maximum absolute atomic E-state index is 12.7. The van der Waals surface area contributed by atoms with Gasteiger partial charge in [0.05, 0.1) is 12.0 Å². The Morgan fingerprint density at radius 1 is 1.00 bits per heavy atom. The molecule has 0 amide bonds. The lowest BCUT2D eigenvalue weighted by Crippen LogP contribution is -2.20. The number of nitrogens with zero attached hydrogens (tertiary/aromatic N) is 1. The van der Waals surface area contributed by atoms with Crippen LogP contribution in [0.5, 0.6) is 11.5 Å². The van der Waals surface area contributed by atoms with Gasteiger partial charge in [0.25, 0.3) is 0 Å². The van der Waals surface area contributed by atoms with Crippen LogP contribution in [-0.4, -0.2) is 30.2 Å². The predicted molar refractivity (Wildman–Crippen MR) is 120 cm³/mol. The maximum Gasteiger partial charge on any atom is 0.199 e. The van der Waals surface area contributed by atoms with E-state index in [4.69, 9.17) is 4.74 Å². The van der Waals surface area contributed by atoms with Gasteiger partial charge in [-0.2, -0.15) is 0 Å². The minimum absolute atomic E-state index is 0.0225. The fraction of sp³-hybridized carbons (Fsp3) is 0.208. The number of rotatable bonds is 7. The van der Waals surface area contributed by atoms with Crippen molar-refractivity contribution in [2.75, 3.05) is 20.2 Å². The van der Waals surface area contributed by atoms with Crippen molar-refractivity contribution in [1.82, 2.24) is 4.90 Å². The van der Waals surface area contributed by atoms with Gasteiger partial charge in [-0.25, -0.2) is 0 Å². The first-order valence-electron chi connectivity index (χ1n) is 9.65. The number of hydrogen-bond acceptors (Lipinski definition) is 5. The third-order valence-electron chi connectivity index (χ3n) is 4.88. The fourth-order valence-corrected chi connectivity index (χ4v) is 4.59. The molecule has 3 aromatic carbocycles. The SMILES string of the molecule is CN(CCCOc1cc(O)c2c(=O)c3ccccc3sc2c1)Cc1ccccc1. The largest absolute Gasteiger partial charge is 0.507 e. The Morgan fingerprint density at radius 3 is 2.59 bits per heavy atom. The van der Waals surface area contributed by atoms with Gasteiger partial charge in [0, 0.05) is 33.9 Å². The first kappa shape index (κ1) is 19.4. The lowest BCUT2D eigenvalue weighted by Gasteiger charge is -2.17. The summed E-state index contributed by atoms with van der Waals surface area (Å²) in [7, 11) is 2.09. The van der Waals surface area contributed by atoms with Crippen LogP contribution < -0.4 is 10.2 Å². The van der Waals surface area contributed by atoms with Gasteiger partial charge in [-0.05, 0) is 37.2 Å². The minimum atomic E-state index is -0.138. The van der Waals surface area contributed by atoms with E-state index in [0.717, 1.165) is 28.9 Å². The molecule has 0 aliphatic heterocycles. The van der Waals surface area contributed by atoms with Crippen LogP contribution in [0.1, 0.15) is 12.0 Å². The molecule has 29 heavy (non-hydrogen) atoms. The van der Waals surface area contributed by atoms with E-state index in [9.17, 15) is 9.90 Å². The molecule has 0 spiro atoms. The molecule has 4 rings (SSSR count). The number of phenols is 1. The zero-order valence-electron chi connectivity index (χ0n) is 16.3. The molecule has 1 N–H and O–H groups in total. The van der Waals surface area contributed by atoms with E-state index in [1.54, 1.807) is 12.1 Å². The Morgan fingerprint density at radius 2 is 1.76 bits per heavy atom. The van der Waals surface area contributed by atoms with Crippen molar-refractivity contribution in [2.45, 2.75) is 13.0 Å². The molecule has 4 nitrogen and oxygen atoms in total. The second-order valence-corrected chi connectivity index (χ2v) is 8.25. The molecule has 1 heterocycles. The molecule has 148 valence electrons. The Hall–Kier alpha value is -2.89. The molecule has 0 saturated carbocycles. The number of benzene rings is 3. The zero-order chi connectivity index (χ0) is 20.2. The van der Waals surface area contributed by atoms with Gasteiger partial charge in [-0.15, -0.1) is 11.3 Å². The van der Waals surface area contributed by atoms with Crippen LogP contribution in [0, 0.1) is 0 Å². The highest BCUT2D eigenvalue weighted by atomic mass is 32.1. The number of ether oxygens (including phenoxy) is 1. The number of phenolic OH excluding ortho intramolecular Hbond substituents is 1. The molecule has 4 aromatic rings. The molecular formula is C24H23NO3S. The standard InChI is InChI=1S/C24H23NO3S/c1-25(16-17-8-3-2-4-9-17)12-7-13-28-18-14-20(26)23-22(15-18)29-21-11-6-5-10-19(21)24(23)27/h2-6,8-11,14-15,26H,7,12-13,16H2,1H3. The topological polar surface area (TPSA) is 49.8 Å².